The number of hydrogen-bond acceptors (Lipinski definition) is 5. The molecule has 32 heavy (non-hydrogen) atoms. The van der Waals surface area contributed by atoms with E-state index in [2.05, 4.69) is 17.5 Å². The number of unbranched alkanes of at least 4 members (excludes halogenated alkanes) is 12. The van der Waals surface area contributed by atoms with E-state index < -0.39 is 0 Å². The summed E-state index contributed by atoms with van der Waals surface area (Å²) < 4.78 is 15.9. The van der Waals surface area contributed by atoms with Crippen LogP contribution in [0.4, 0.5) is 0 Å². The predicted octanol–water partition coefficient (Wildman–Crippen LogP) is 6.64. The average molecular weight is 449 g/mol. The van der Waals surface area contributed by atoms with Crippen molar-refractivity contribution in [3.8, 4) is 17.2 Å². The molecule has 0 saturated carbocycles. The molecule has 0 saturated heterocycles. The SMILES string of the molecule is CCCCCCCCCCCCCCCC(=O)N/N=C/c1cc(OC)c(OC)cc1OC. The number of hydrazone groups is 1. The Labute approximate surface area is 195 Å². The molecule has 0 aliphatic carbocycles. The molecular formula is C26H44N2O4. The summed E-state index contributed by atoms with van der Waals surface area (Å²) in [5.41, 5.74) is 3.30. The average Bonchev–Trinajstić information content (AvgIpc) is 2.81. The monoisotopic (exact) mass is 448 g/mol. The van der Waals surface area contributed by atoms with E-state index in [0.29, 0.717) is 29.2 Å². The van der Waals surface area contributed by atoms with Gasteiger partial charge in [0.2, 0.25) is 5.91 Å². The van der Waals surface area contributed by atoms with E-state index in [4.69, 9.17) is 14.2 Å². The fourth-order valence-electron chi connectivity index (χ4n) is 3.69. The summed E-state index contributed by atoms with van der Waals surface area (Å²) >= 11 is 0. The Kier molecular flexibility index (Phi) is 15.9. The van der Waals surface area contributed by atoms with Gasteiger partial charge in [-0.05, 0) is 12.5 Å². The highest BCUT2D eigenvalue weighted by Crippen LogP contribution is 2.33. The summed E-state index contributed by atoms with van der Waals surface area (Å²) in [4.78, 5) is 12.0. The highest BCUT2D eigenvalue weighted by molar-refractivity contribution is 5.86. The molecule has 0 aliphatic heterocycles. The minimum atomic E-state index is -0.0660. The number of nitrogens with zero attached hydrogens (tertiary/aromatic N) is 1. The van der Waals surface area contributed by atoms with Gasteiger partial charge in [0.05, 0.1) is 27.5 Å². The maximum Gasteiger partial charge on any atom is 0.240 e. The number of hydrogen-bond donors (Lipinski definition) is 1. The Morgan fingerprint density at radius 2 is 1.22 bits per heavy atom. The number of ether oxygens (including phenoxy) is 3. The molecule has 1 amide bonds. The van der Waals surface area contributed by atoms with E-state index in [1.165, 1.54) is 70.6 Å². The van der Waals surface area contributed by atoms with Crippen LogP contribution in [0, 0.1) is 0 Å². The highest BCUT2D eigenvalue weighted by Gasteiger charge is 2.10. The quantitative estimate of drug-likeness (QED) is 0.146. The second kappa shape index (κ2) is 18.3. The molecule has 0 aliphatic rings. The van der Waals surface area contributed by atoms with Crippen LogP contribution in [0.1, 0.15) is 102 Å². The minimum absolute atomic E-state index is 0.0660. The van der Waals surface area contributed by atoms with Crippen LogP contribution in [0.2, 0.25) is 0 Å². The van der Waals surface area contributed by atoms with Crippen LogP contribution in [-0.4, -0.2) is 33.5 Å². The van der Waals surface area contributed by atoms with Crippen LogP contribution in [0.5, 0.6) is 17.2 Å². The number of rotatable bonds is 19. The molecule has 0 radical (unpaired) electrons. The lowest BCUT2D eigenvalue weighted by molar-refractivity contribution is -0.121. The molecule has 0 aromatic heterocycles. The van der Waals surface area contributed by atoms with Gasteiger partial charge in [0.1, 0.15) is 5.75 Å². The normalized spacial score (nSPS) is 11.0. The zero-order chi connectivity index (χ0) is 23.4. The molecular weight excluding hydrogens is 404 g/mol. The van der Waals surface area contributed by atoms with Crippen molar-refractivity contribution in [2.24, 2.45) is 5.10 Å². The van der Waals surface area contributed by atoms with E-state index in [0.717, 1.165) is 12.8 Å². The fourth-order valence-corrected chi connectivity index (χ4v) is 3.69. The first-order valence-electron chi connectivity index (χ1n) is 12.3. The molecule has 6 heteroatoms. The maximum atomic E-state index is 12.0. The van der Waals surface area contributed by atoms with Gasteiger partial charge < -0.3 is 14.2 Å². The largest absolute Gasteiger partial charge is 0.496 e. The van der Waals surface area contributed by atoms with E-state index in [1.807, 2.05) is 0 Å². The Morgan fingerprint density at radius 1 is 0.750 bits per heavy atom. The lowest BCUT2D eigenvalue weighted by Crippen LogP contribution is -2.17. The molecule has 0 bridgehead atoms. The van der Waals surface area contributed by atoms with Gasteiger partial charge in [0, 0.05) is 18.1 Å². The second-order valence-electron chi connectivity index (χ2n) is 8.23. The van der Waals surface area contributed by atoms with Gasteiger partial charge in [-0.15, -0.1) is 0 Å². The molecule has 182 valence electrons. The summed E-state index contributed by atoms with van der Waals surface area (Å²) in [5, 5.41) is 4.06. The van der Waals surface area contributed by atoms with E-state index in [1.54, 1.807) is 39.7 Å². The topological polar surface area (TPSA) is 69.2 Å². The van der Waals surface area contributed by atoms with Crippen LogP contribution < -0.4 is 19.6 Å². The Hall–Kier alpha value is -2.24. The first-order chi connectivity index (χ1) is 15.7. The molecule has 0 heterocycles. The third-order valence-corrected chi connectivity index (χ3v) is 5.64. The summed E-state index contributed by atoms with van der Waals surface area (Å²) in [5.74, 6) is 1.68. The summed E-state index contributed by atoms with van der Waals surface area (Å²) in [6.07, 6.45) is 18.9. The third kappa shape index (κ3) is 12.0. The maximum absolute atomic E-state index is 12.0. The third-order valence-electron chi connectivity index (χ3n) is 5.64. The van der Waals surface area contributed by atoms with Crippen molar-refractivity contribution in [3.05, 3.63) is 17.7 Å². The molecule has 0 spiro atoms. The molecule has 0 atom stereocenters. The van der Waals surface area contributed by atoms with Gasteiger partial charge in [0.25, 0.3) is 0 Å². The van der Waals surface area contributed by atoms with E-state index >= 15 is 0 Å². The number of carbonyl (C=O) groups is 1. The first kappa shape index (κ1) is 27.8. The standard InChI is InChI=1S/C26H44N2O4/c1-5-6-7-8-9-10-11-12-13-14-15-16-17-18-26(29)28-27-21-22-19-24(31-3)25(32-4)20-23(22)30-2/h19-21H,5-18H2,1-4H3,(H,28,29)/b27-21+. The molecule has 1 rings (SSSR count). The second-order valence-corrected chi connectivity index (χ2v) is 8.23. The van der Waals surface area contributed by atoms with Crippen LogP contribution in [-0.2, 0) is 4.79 Å². The van der Waals surface area contributed by atoms with Crippen LogP contribution >= 0.6 is 0 Å². The Balaban J connectivity index is 2.14. The number of benzene rings is 1. The number of methoxy groups -OCH3 is 3. The summed E-state index contributed by atoms with van der Waals surface area (Å²) in [6.45, 7) is 2.26. The molecule has 1 aromatic rings. The zero-order valence-electron chi connectivity index (χ0n) is 20.7. The lowest BCUT2D eigenvalue weighted by atomic mass is 10.0. The number of nitrogens with one attached hydrogen (secondary N) is 1. The van der Waals surface area contributed by atoms with E-state index in [9.17, 15) is 4.79 Å². The molecule has 0 unspecified atom stereocenters. The van der Waals surface area contributed by atoms with Crippen molar-refractivity contribution in [1.29, 1.82) is 0 Å². The smallest absolute Gasteiger partial charge is 0.240 e. The fraction of sp³-hybridized carbons (Fsp3) is 0.692. The number of amides is 1. The van der Waals surface area contributed by atoms with Crippen LogP contribution in [0.3, 0.4) is 0 Å². The van der Waals surface area contributed by atoms with Crippen LogP contribution in [0.25, 0.3) is 0 Å². The van der Waals surface area contributed by atoms with Crippen molar-refractivity contribution in [1.82, 2.24) is 5.43 Å². The van der Waals surface area contributed by atoms with Crippen LogP contribution in [0.15, 0.2) is 17.2 Å². The van der Waals surface area contributed by atoms with Gasteiger partial charge in [0.15, 0.2) is 11.5 Å². The summed E-state index contributed by atoms with van der Waals surface area (Å²) in [7, 11) is 4.72. The van der Waals surface area contributed by atoms with Gasteiger partial charge >= 0.3 is 0 Å². The Morgan fingerprint density at radius 3 is 1.72 bits per heavy atom. The van der Waals surface area contributed by atoms with Gasteiger partial charge in [-0.3, -0.25) is 4.79 Å². The van der Waals surface area contributed by atoms with Crippen molar-refractivity contribution in [3.63, 3.8) is 0 Å². The minimum Gasteiger partial charge on any atom is -0.496 e. The summed E-state index contributed by atoms with van der Waals surface area (Å²) in [6, 6.07) is 3.50. The molecule has 1 aromatic carbocycles. The van der Waals surface area contributed by atoms with E-state index in [-0.39, 0.29) is 5.91 Å². The van der Waals surface area contributed by atoms with Crippen molar-refractivity contribution < 1.29 is 19.0 Å². The molecule has 6 nitrogen and oxygen atoms in total. The van der Waals surface area contributed by atoms with Crippen molar-refractivity contribution in [2.75, 3.05) is 21.3 Å². The lowest BCUT2D eigenvalue weighted by Gasteiger charge is -2.11. The first-order valence-corrected chi connectivity index (χ1v) is 12.3. The predicted molar refractivity (Wildman–Crippen MR) is 132 cm³/mol. The van der Waals surface area contributed by atoms with Gasteiger partial charge in [-0.2, -0.15) is 5.10 Å². The highest BCUT2D eigenvalue weighted by atomic mass is 16.5. The molecule has 1 N–H and O–H groups in total. The number of carbonyl (C=O) groups excluding carboxylic acids is 1. The molecule has 0 fully saturated rings. The van der Waals surface area contributed by atoms with Gasteiger partial charge in [-0.25, -0.2) is 5.43 Å². The van der Waals surface area contributed by atoms with Crippen molar-refractivity contribution in [2.45, 2.75) is 96.8 Å². The zero-order valence-corrected chi connectivity index (χ0v) is 20.7. The van der Waals surface area contributed by atoms with Gasteiger partial charge in [-0.1, -0.05) is 84.0 Å². The Bertz CT molecular complexity index is 661. The van der Waals surface area contributed by atoms with Crippen molar-refractivity contribution >= 4 is 12.1 Å².